The van der Waals surface area contributed by atoms with E-state index in [2.05, 4.69) is 4.98 Å². The van der Waals surface area contributed by atoms with Crippen LogP contribution >= 0.6 is 11.3 Å². The van der Waals surface area contributed by atoms with Crippen molar-refractivity contribution in [2.45, 2.75) is 6.92 Å². The molecule has 0 unspecified atom stereocenters. The average molecular weight is 223 g/mol. The van der Waals surface area contributed by atoms with Crippen LogP contribution in [0.5, 0.6) is 5.19 Å². The molecule has 2 aromatic rings. The summed E-state index contributed by atoms with van der Waals surface area (Å²) in [6, 6.07) is 6.38. The Balaban J connectivity index is 2.44. The Hall–Kier alpha value is -1.42. The third-order valence-electron chi connectivity index (χ3n) is 2.06. The average Bonchev–Trinajstić information content (AvgIpc) is 2.61. The van der Waals surface area contributed by atoms with Crippen molar-refractivity contribution < 1.29 is 9.13 Å². The second-order valence-electron chi connectivity index (χ2n) is 3.11. The van der Waals surface area contributed by atoms with Crippen molar-refractivity contribution in [3.63, 3.8) is 0 Å². The lowest BCUT2D eigenvalue weighted by Crippen LogP contribution is -1.80. The van der Waals surface area contributed by atoms with E-state index in [1.807, 2.05) is 6.92 Å². The van der Waals surface area contributed by atoms with Gasteiger partial charge in [-0.1, -0.05) is 23.5 Å². The number of nitrogens with zero attached hydrogens (tertiary/aromatic N) is 1. The summed E-state index contributed by atoms with van der Waals surface area (Å²) in [5.41, 5.74) is 1.87. The molecule has 1 aromatic heterocycles. The monoisotopic (exact) mass is 223 g/mol. The van der Waals surface area contributed by atoms with Gasteiger partial charge in [0.1, 0.15) is 5.82 Å². The maximum absolute atomic E-state index is 12.7. The van der Waals surface area contributed by atoms with E-state index in [1.54, 1.807) is 19.2 Å². The van der Waals surface area contributed by atoms with Crippen LogP contribution in [0.25, 0.3) is 10.4 Å². The van der Waals surface area contributed by atoms with Gasteiger partial charge in [-0.15, -0.1) is 0 Å². The molecule has 0 aliphatic carbocycles. The highest BCUT2D eigenvalue weighted by Gasteiger charge is 2.09. The summed E-state index contributed by atoms with van der Waals surface area (Å²) in [5.74, 6) is -0.229. The van der Waals surface area contributed by atoms with Gasteiger partial charge in [-0.05, 0) is 24.6 Å². The predicted octanol–water partition coefficient (Wildman–Crippen LogP) is 3.27. The van der Waals surface area contributed by atoms with Crippen molar-refractivity contribution in [1.29, 1.82) is 0 Å². The second kappa shape index (κ2) is 3.98. The number of hydrogen-bond acceptors (Lipinski definition) is 3. The van der Waals surface area contributed by atoms with Crippen LogP contribution in [0.1, 0.15) is 5.69 Å². The van der Waals surface area contributed by atoms with Crippen LogP contribution in [-0.2, 0) is 0 Å². The molecule has 0 radical (unpaired) electrons. The first kappa shape index (κ1) is 10.1. The van der Waals surface area contributed by atoms with E-state index in [-0.39, 0.29) is 5.82 Å². The number of aryl methyl sites for hydroxylation is 1. The van der Waals surface area contributed by atoms with E-state index in [0.717, 1.165) is 16.1 Å². The van der Waals surface area contributed by atoms with E-state index in [9.17, 15) is 4.39 Å². The number of ether oxygens (including phenoxy) is 1. The summed E-state index contributed by atoms with van der Waals surface area (Å²) in [6.07, 6.45) is 0. The molecular formula is C11H10FNOS. The van der Waals surface area contributed by atoms with Crippen molar-refractivity contribution >= 4 is 11.3 Å². The lowest BCUT2D eigenvalue weighted by molar-refractivity contribution is 0.411. The standard InChI is InChI=1S/C11H10FNOS/c1-7-10(15-11(13-7)14-2)8-3-5-9(12)6-4-8/h3-6H,1-2H3. The lowest BCUT2D eigenvalue weighted by Gasteiger charge is -1.97. The minimum atomic E-state index is -0.229. The van der Waals surface area contributed by atoms with Crippen LogP contribution in [0.2, 0.25) is 0 Å². The number of rotatable bonds is 2. The Morgan fingerprint density at radius 1 is 1.27 bits per heavy atom. The van der Waals surface area contributed by atoms with E-state index in [4.69, 9.17) is 4.74 Å². The largest absolute Gasteiger partial charge is 0.473 e. The smallest absolute Gasteiger partial charge is 0.273 e. The summed E-state index contributed by atoms with van der Waals surface area (Å²) >= 11 is 1.46. The van der Waals surface area contributed by atoms with Gasteiger partial charge in [0.25, 0.3) is 5.19 Å². The highest BCUT2D eigenvalue weighted by molar-refractivity contribution is 7.17. The first-order valence-corrected chi connectivity index (χ1v) is 5.29. The number of aromatic nitrogens is 1. The Kier molecular flexibility index (Phi) is 2.68. The molecule has 0 aliphatic rings. The normalized spacial score (nSPS) is 10.3. The number of benzene rings is 1. The number of hydrogen-bond donors (Lipinski definition) is 0. The minimum Gasteiger partial charge on any atom is -0.473 e. The van der Waals surface area contributed by atoms with E-state index in [0.29, 0.717) is 5.19 Å². The molecule has 0 amide bonds. The van der Waals surface area contributed by atoms with E-state index < -0.39 is 0 Å². The Bertz CT molecular complexity index is 464. The van der Waals surface area contributed by atoms with Gasteiger partial charge in [0.2, 0.25) is 0 Å². The van der Waals surface area contributed by atoms with E-state index >= 15 is 0 Å². The first-order chi connectivity index (χ1) is 7.20. The van der Waals surface area contributed by atoms with Crippen LogP contribution < -0.4 is 4.74 Å². The van der Waals surface area contributed by atoms with Crippen molar-refractivity contribution in [3.8, 4) is 15.6 Å². The van der Waals surface area contributed by atoms with Crippen molar-refractivity contribution in [1.82, 2.24) is 4.98 Å². The summed E-state index contributed by atoms with van der Waals surface area (Å²) in [6.45, 7) is 1.91. The molecule has 1 aromatic carbocycles. The molecule has 0 bridgehead atoms. The molecule has 2 rings (SSSR count). The molecule has 0 fully saturated rings. The molecule has 0 saturated carbocycles. The number of halogens is 1. The fourth-order valence-electron chi connectivity index (χ4n) is 1.33. The summed E-state index contributed by atoms with van der Waals surface area (Å²) < 4.78 is 17.8. The molecule has 4 heteroatoms. The van der Waals surface area contributed by atoms with Gasteiger partial charge in [-0.25, -0.2) is 9.37 Å². The van der Waals surface area contributed by atoms with Crippen molar-refractivity contribution in [3.05, 3.63) is 35.8 Å². The van der Waals surface area contributed by atoms with E-state index in [1.165, 1.54) is 23.5 Å². The zero-order chi connectivity index (χ0) is 10.8. The van der Waals surface area contributed by atoms with Gasteiger partial charge in [0, 0.05) is 0 Å². The van der Waals surface area contributed by atoms with Crippen LogP contribution in [0.15, 0.2) is 24.3 Å². The molecule has 0 N–H and O–H groups in total. The van der Waals surface area contributed by atoms with Gasteiger partial charge in [0.05, 0.1) is 17.7 Å². The van der Waals surface area contributed by atoms with Crippen LogP contribution in [-0.4, -0.2) is 12.1 Å². The lowest BCUT2D eigenvalue weighted by atomic mass is 10.1. The van der Waals surface area contributed by atoms with Gasteiger partial charge < -0.3 is 4.74 Å². The Labute approximate surface area is 91.4 Å². The van der Waals surface area contributed by atoms with Crippen LogP contribution in [0, 0.1) is 12.7 Å². The molecule has 0 saturated heterocycles. The molecule has 1 heterocycles. The van der Waals surface area contributed by atoms with Crippen LogP contribution in [0.4, 0.5) is 4.39 Å². The minimum absolute atomic E-state index is 0.229. The quantitative estimate of drug-likeness (QED) is 0.779. The van der Waals surface area contributed by atoms with Gasteiger partial charge in [0.15, 0.2) is 0 Å². The second-order valence-corrected chi connectivity index (χ2v) is 4.07. The third kappa shape index (κ3) is 1.99. The molecular weight excluding hydrogens is 213 g/mol. The maximum atomic E-state index is 12.7. The molecule has 15 heavy (non-hydrogen) atoms. The fourth-order valence-corrected chi connectivity index (χ4v) is 2.22. The highest BCUT2D eigenvalue weighted by atomic mass is 32.1. The molecule has 0 atom stereocenters. The zero-order valence-corrected chi connectivity index (χ0v) is 9.27. The van der Waals surface area contributed by atoms with Gasteiger partial charge in [-0.3, -0.25) is 0 Å². The molecule has 78 valence electrons. The topological polar surface area (TPSA) is 22.1 Å². The summed E-state index contributed by atoms with van der Waals surface area (Å²) in [5, 5.41) is 0.631. The van der Waals surface area contributed by atoms with Crippen LogP contribution in [0.3, 0.4) is 0 Å². The summed E-state index contributed by atoms with van der Waals surface area (Å²) in [4.78, 5) is 5.25. The fraction of sp³-hybridized carbons (Fsp3) is 0.182. The summed E-state index contributed by atoms with van der Waals surface area (Å²) in [7, 11) is 1.59. The molecule has 0 spiro atoms. The number of thiazole rings is 1. The Morgan fingerprint density at radius 3 is 2.47 bits per heavy atom. The predicted molar refractivity (Wildman–Crippen MR) is 58.8 cm³/mol. The molecule has 0 aliphatic heterocycles. The third-order valence-corrected chi connectivity index (χ3v) is 3.23. The maximum Gasteiger partial charge on any atom is 0.273 e. The Morgan fingerprint density at radius 2 is 1.93 bits per heavy atom. The van der Waals surface area contributed by atoms with Gasteiger partial charge in [-0.2, -0.15) is 0 Å². The molecule has 2 nitrogen and oxygen atoms in total. The zero-order valence-electron chi connectivity index (χ0n) is 8.45. The highest BCUT2D eigenvalue weighted by Crippen LogP contribution is 2.33. The first-order valence-electron chi connectivity index (χ1n) is 4.48. The SMILES string of the molecule is COc1nc(C)c(-c2ccc(F)cc2)s1. The number of methoxy groups -OCH3 is 1. The van der Waals surface area contributed by atoms with Gasteiger partial charge >= 0.3 is 0 Å². The van der Waals surface area contributed by atoms with Crippen molar-refractivity contribution in [2.75, 3.05) is 7.11 Å². The van der Waals surface area contributed by atoms with Crippen molar-refractivity contribution in [2.24, 2.45) is 0 Å².